The number of nitrogens with one attached hydrogen (secondary N) is 1. The van der Waals surface area contributed by atoms with Crippen LogP contribution in [0.15, 0.2) is 24.3 Å². The molecule has 0 aliphatic heterocycles. The molecule has 4 atom stereocenters. The minimum atomic E-state index is 0.361. The SMILES string of the molecule is CNC(C)c1cccc(OC2CC(C)CCC2C(C)C)c1. The summed E-state index contributed by atoms with van der Waals surface area (Å²) in [7, 11) is 2.00. The molecule has 4 unspecified atom stereocenters. The topological polar surface area (TPSA) is 21.3 Å². The average Bonchev–Trinajstić information content (AvgIpc) is 2.46. The van der Waals surface area contributed by atoms with Crippen LogP contribution in [0.2, 0.25) is 0 Å². The molecule has 0 bridgehead atoms. The molecule has 0 spiro atoms. The van der Waals surface area contributed by atoms with Gasteiger partial charge < -0.3 is 10.1 Å². The lowest BCUT2D eigenvalue weighted by atomic mass is 9.75. The summed E-state index contributed by atoms with van der Waals surface area (Å²) in [4.78, 5) is 0. The van der Waals surface area contributed by atoms with E-state index in [0.717, 1.165) is 11.7 Å². The minimum absolute atomic E-state index is 0.361. The quantitative estimate of drug-likeness (QED) is 0.840. The molecule has 1 saturated carbocycles. The van der Waals surface area contributed by atoms with Gasteiger partial charge in [0.05, 0.1) is 0 Å². The van der Waals surface area contributed by atoms with Crippen molar-refractivity contribution in [2.75, 3.05) is 7.05 Å². The second-order valence-corrected chi connectivity index (χ2v) is 7.07. The summed E-state index contributed by atoms with van der Waals surface area (Å²) in [6.45, 7) is 9.19. The Balaban J connectivity index is 2.11. The normalized spacial score (nSPS) is 27.6. The van der Waals surface area contributed by atoms with Crippen molar-refractivity contribution in [1.29, 1.82) is 0 Å². The second kappa shape index (κ2) is 7.31. The van der Waals surface area contributed by atoms with Gasteiger partial charge in [-0.05, 0) is 62.3 Å². The summed E-state index contributed by atoms with van der Waals surface area (Å²) in [5.41, 5.74) is 1.29. The molecule has 0 radical (unpaired) electrons. The maximum Gasteiger partial charge on any atom is 0.120 e. The zero-order valence-corrected chi connectivity index (χ0v) is 14.2. The van der Waals surface area contributed by atoms with Gasteiger partial charge in [0.1, 0.15) is 11.9 Å². The molecule has 0 amide bonds. The predicted octanol–water partition coefficient (Wildman–Crippen LogP) is 4.81. The van der Waals surface area contributed by atoms with E-state index in [-0.39, 0.29) is 0 Å². The Bertz CT molecular complexity index is 443. The van der Waals surface area contributed by atoms with Crippen molar-refractivity contribution < 1.29 is 4.74 Å². The molecule has 2 rings (SSSR count). The van der Waals surface area contributed by atoms with Crippen molar-refractivity contribution in [2.45, 2.75) is 59.1 Å². The van der Waals surface area contributed by atoms with E-state index in [1.807, 2.05) is 7.05 Å². The highest BCUT2D eigenvalue weighted by molar-refractivity contribution is 5.30. The van der Waals surface area contributed by atoms with Gasteiger partial charge in [0, 0.05) is 6.04 Å². The zero-order valence-electron chi connectivity index (χ0n) is 14.2. The third-order valence-corrected chi connectivity index (χ3v) is 5.04. The van der Waals surface area contributed by atoms with Crippen LogP contribution in [-0.2, 0) is 0 Å². The van der Waals surface area contributed by atoms with Gasteiger partial charge in [0.25, 0.3) is 0 Å². The first-order valence-corrected chi connectivity index (χ1v) is 8.45. The number of hydrogen-bond acceptors (Lipinski definition) is 2. The monoisotopic (exact) mass is 289 g/mol. The third-order valence-electron chi connectivity index (χ3n) is 5.04. The fourth-order valence-corrected chi connectivity index (χ4v) is 3.45. The summed E-state index contributed by atoms with van der Waals surface area (Å²) in [5, 5.41) is 3.29. The van der Waals surface area contributed by atoms with Crippen molar-refractivity contribution >= 4 is 0 Å². The Hall–Kier alpha value is -1.02. The van der Waals surface area contributed by atoms with Crippen molar-refractivity contribution in [3.8, 4) is 5.75 Å². The van der Waals surface area contributed by atoms with E-state index in [0.29, 0.717) is 24.0 Å². The smallest absolute Gasteiger partial charge is 0.120 e. The van der Waals surface area contributed by atoms with E-state index in [4.69, 9.17) is 4.74 Å². The van der Waals surface area contributed by atoms with Crippen LogP contribution in [0.5, 0.6) is 5.75 Å². The van der Waals surface area contributed by atoms with E-state index in [9.17, 15) is 0 Å². The molecule has 1 N–H and O–H groups in total. The molecular weight excluding hydrogens is 258 g/mol. The second-order valence-electron chi connectivity index (χ2n) is 7.07. The molecule has 21 heavy (non-hydrogen) atoms. The van der Waals surface area contributed by atoms with Gasteiger partial charge in [-0.25, -0.2) is 0 Å². The highest BCUT2D eigenvalue weighted by Crippen LogP contribution is 2.36. The number of benzene rings is 1. The molecule has 2 nitrogen and oxygen atoms in total. The van der Waals surface area contributed by atoms with Gasteiger partial charge in [-0.15, -0.1) is 0 Å². The Labute approximate surface area is 130 Å². The van der Waals surface area contributed by atoms with E-state index in [1.54, 1.807) is 0 Å². The Morgan fingerprint density at radius 3 is 2.62 bits per heavy atom. The van der Waals surface area contributed by atoms with Crippen LogP contribution in [0.3, 0.4) is 0 Å². The molecule has 118 valence electrons. The van der Waals surface area contributed by atoms with Crippen LogP contribution < -0.4 is 10.1 Å². The van der Waals surface area contributed by atoms with Gasteiger partial charge in [-0.2, -0.15) is 0 Å². The van der Waals surface area contributed by atoms with Crippen molar-refractivity contribution in [3.63, 3.8) is 0 Å². The lowest BCUT2D eigenvalue weighted by molar-refractivity contribution is 0.0459. The standard InChI is InChI=1S/C19H31NO/c1-13(2)18-10-9-14(3)11-19(18)21-17-8-6-7-16(12-17)15(4)20-5/h6-8,12-15,18-20H,9-11H2,1-5H3. The first-order valence-electron chi connectivity index (χ1n) is 8.45. The van der Waals surface area contributed by atoms with E-state index < -0.39 is 0 Å². The summed E-state index contributed by atoms with van der Waals surface area (Å²) < 4.78 is 6.41. The molecule has 1 aliphatic rings. The largest absolute Gasteiger partial charge is 0.490 e. The highest BCUT2D eigenvalue weighted by atomic mass is 16.5. The maximum atomic E-state index is 6.41. The number of ether oxygens (including phenoxy) is 1. The number of hydrogen-bond donors (Lipinski definition) is 1. The molecule has 1 aromatic rings. The van der Waals surface area contributed by atoms with Crippen LogP contribution in [0, 0.1) is 17.8 Å². The molecular formula is C19H31NO. The Kier molecular flexibility index (Phi) is 5.69. The molecule has 1 aromatic carbocycles. The Morgan fingerprint density at radius 1 is 1.19 bits per heavy atom. The van der Waals surface area contributed by atoms with Crippen molar-refractivity contribution in [2.24, 2.45) is 17.8 Å². The average molecular weight is 289 g/mol. The first-order chi connectivity index (χ1) is 10.0. The van der Waals surface area contributed by atoms with Crippen molar-refractivity contribution in [1.82, 2.24) is 5.32 Å². The fraction of sp³-hybridized carbons (Fsp3) is 0.684. The molecule has 1 fully saturated rings. The summed E-state index contributed by atoms with van der Waals surface area (Å²) >= 11 is 0. The van der Waals surface area contributed by atoms with Gasteiger partial charge in [-0.3, -0.25) is 0 Å². The molecule has 0 saturated heterocycles. The highest BCUT2D eigenvalue weighted by Gasteiger charge is 2.32. The summed E-state index contributed by atoms with van der Waals surface area (Å²) in [6, 6.07) is 8.92. The minimum Gasteiger partial charge on any atom is -0.490 e. The van der Waals surface area contributed by atoms with Gasteiger partial charge in [-0.1, -0.05) is 39.3 Å². The third kappa shape index (κ3) is 4.23. The van der Waals surface area contributed by atoms with E-state index >= 15 is 0 Å². The van der Waals surface area contributed by atoms with Crippen LogP contribution in [-0.4, -0.2) is 13.2 Å². The molecule has 0 heterocycles. The predicted molar refractivity (Wildman–Crippen MR) is 89.7 cm³/mol. The van der Waals surface area contributed by atoms with E-state index in [2.05, 4.69) is 57.3 Å². The molecule has 1 aliphatic carbocycles. The van der Waals surface area contributed by atoms with Gasteiger partial charge >= 0.3 is 0 Å². The maximum absolute atomic E-state index is 6.41. The van der Waals surface area contributed by atoms with Crippen molar-refractivity contribution in [3.05, 3.63) is 29.8 Å². The van der Waals surface area contributed by atoms with Crippen LogP contribution in [0.25, 0.3) is 0 Å². The van der Waals surface area contributed by atoms with Crippen LogP contribution >= 0.6 is 0 Å². The summed E-state index contributed by atoms with van der Waals surface area (Å²) in [5.74, 6) is 3.19. The van der Waals surface area contributed by atoms with Crippen LogP contribution in [0.4, 0.5) is 0 Å². The summed E-state index contributed by atoms with van der Waals surface area (Å²) in [6.07, 6.45) is 4.21. The number of rotatable bonds is 5. The first kappa shape index (κ1) is 16.4. The van der Waals surface area contributed by atoms with Gasteiger partial charge in [0.2, 0.25) is 0 Å². The zero-order chi connectivity index (χ0) is 15.4. The van der Waals surface area contributed by atoms with Crippen LogP contribution in [0.1, 0.15) is 58.6 Å². The lowest BCUT2D eigenvalue weighted by Crippen LogP contribution is -2.36. The van der Waals surface area contributed by atoms with E-state index in [1.165, 1.54) is 24.8 Å². The lowest BCUT2D eigenvalue weighted by Gasteiger charge is -2.37. The molecule has 0 aromatic heterocycles. The fourth-order valence-electron chi connectivity index (χ4n) is 3.45. The van der Waals surface area contributed by atoms with Gasteiger partial charge in [0.15, 0.2) is 0 Å². The molecule has 2 heteroatoms. The Morgan fingerprint density at radius 2 is 1.95 bits per heavy atom.